The van der Waals surface area contributed by atoms with Crippen molar-refractivity contribution in [1.29, 1.82) is 0 Å². The van der Waals surface area contributed by atoms with Crippen LogP contribution in [-0.2, 0) is 19.4 Å². The fraction of sp³-hybridized carbons (Fsp3) is 0.0833. The molecule has 0 aliphatic rings. The van der Waals surface area contributed by atoms with E-state index in [2.05, 4.69) is 30.7 Å². The molecule has 0 atom stereocenters. The Kier molecular flexibility index (Phi) is 20.5. The fourth-order valence-corrected chi connectivity index (χ4v) is 5.37. The zero-order chi connectivity index (χ0) is 39.9. The average molecular weight is 804 g/mol. The number of nitrogens with one attached hydrogen (secondary N) is 3. The van der Waals surface area contributed by atoms with Crippen LogP contribution in [0.2, 0.25) is 10.0 Å². The monoisotopic (exact) mass is 803 g/mol. The molecule has 10 radical (unpaired) electrons. The number of aromatic amines is 2. The second-order valence-electron chi connectivity index (χ2n) is 11.8. The molecule has 0 aliphatic carbocycles. The van der Waals surface area contributed by atoms with Crippen LogP contribution in [0.3, 0.4) is 0 Å². The molecule has 57 heavy (non-hydrogen) atoms. The predicted octanol–water partition coefficient (Wildman–Crippen LogP) is 1.36. The summed E-state index contributed by atoms with van der Waals surface area (Å²) in [7, 11) is 15.8. The molecule has 0 unspecified atom stereocenters. The van der Waals surface area contributed by atoms with Crippen LogP contribution in [0.25, 0.3) is 0 Å². The van der Waals surface area contributed by atoms with Crippen molar-refractivity contribution in [2.24, 2.45) is 16.5 Å². The standard InChI is InChI=1S/C18H17ClN4O2.C18H15ClN4O2.B5.B.Na.H2.H/c2*19-13-3-1-2-12(8-13)9-15-16(17(20)25)18(23-22-15)21-10-11-4-6-14(24)7-5-11;1-4-5(2)3;;;;/h1-8,24H,9-10H2,(H2,20,25)(H2,21,22,23);1-8,10,24H,9H2,(H2,20,25)(H,22,23);;;;1H;/q;;;;+1;;-1/i;;;;;1+1;. The number of anilines is 1. The molecule has 2 aromatic heterocycles. The Morgan fingerprint density at radius 3 is 1.77 bits per heavy atom. The molecule has 0 bridgehead atoms. The number of nitrogens with two attached hydrogens (primary N) is 2. The normalized spacial score (nSPS) is 10.1. The number of carbonyl (C=O) groups is 2. The van der Waals surface area contributed by atoms with Gasteiger partial charge in [-0.3, -0.25) is 19.8 Å². The minimum absolute atomic E-state index is 0. The van der Waals surface area contributed by atoms with E-state index in [4.69, 9.17) is 57.9 Å². The number of primary amides is 2. The zero-order valence-electron chi connectivity index (χ0n) is 31.9. The van der Waals surface area contributed by atoms with E-state index in [9.17, 15) is 19.8 Å². The summed E-state index contributed by atoms with van der Waals surface area (Å²) in [5.74, 6) is -0.179. The molecule has 21 heteroatoms. The number of rotatable bonds is 12. The van der Waals surface area contributed by atoms with Gasteiger partial charge in [-0.25, -0.2) is 4.99 Å². The number of aromatic hydroxyl groups is 2. The van der Waals surface area contributed by atoms with Gasteiger partial charge in [-0.1, -0.05) is 59.6 Å². The van der Waals surface area contributed by atoms with E-state index in [0.717, 1.165) is 22.3 Å². The first-order valence-electron chi connectivity index (χ1n) is 16.5. The predicted molar refractivity (Wildman–Crippen MR) is 231 cm³/mol. The molecule has 0 spiro atoms. The van der Waals surface area contributed by atoms with E-state index in [1.165, 1.54) is 7.06 Å². The van der Waals surface area contributed by atoms with Crippen LogP contribution >= 0.6 is 23.2 Å². The van der Waals surface area contributed by atoms with Crippen LogP contribution in [0.5, 0.6) is 11.5 Å². The largest absolute Gasteiger partial charge is 1.00 e. The number of carbonyl (C=O) groups excluding carboxylic acids is 2. The molecule has 2 amide bonds. The van der Waals surface area contributed by atoms with Gasteiger partial charge in [0.1, 0.15) is 22.6 Å². The SMILES string of the molecule is NC(=O)c1c(N=Cc2ccc(O)cc2)n[nH]c1Cc1cccc(Cl)c1.NC(=O)c1c(NCc2ccc(O)cc2)n[nH]c1Cc1cccc(Cl)c1.[2HH].[B].[B][B]B([B])[B].[H-].[Na+]. The number of hydrogen-bond acceptors (Lipinski definition) is 8. The molecular weight excluding hydrogens is 767 g/mol. The summed E-state index contributed by atoms with van der Waals surface area (Å²) in [6.07, 6.45) is 1.98. The Bertz CT molecular complexity index is 2240. The van der Waals surface area contributed by atoms with Crippen molar-refractivity contribution >= 4 is 97.9 Å². The number of phenols is 2. The molecule has 6 rings (SSSR count). The number of H-pyrrole nitrogens is 2. The van der Waals surface area contributed by atoms with Gasteiger partial charge in [-0.05, 0) is 82.9 Å². The van der Waals surface area contributed by atoms with Crippen LogP contribution in [0, 0.1) is 0 Å². The summed E-state index contributed by atoms with van der Waals surface area (Å²) < 4.78 is 0. The van der Waals surface area contributed by atoms with Crippen molar-refractivity contribution in [2.45, 2.75) is 19.4 Å². The van der Waals surface area contributed by atoms with Crippen molar-refractivity contribution in [2.75, 3.05) is 5.32 Å². The van der Waals surface area contributed by atoms with Gasteiger partial charge in [0.15, 0.2) is 11.6 Å². The third kappa shape index (κ3) is 15.6. The number of phenolic OH excluding ortho intramolecular Hbond substituents is 2. The Balaban J connectivity index is 0.000000964. The van der Waals surface area contributed by atoms with Crippen LogP contribution in [0.4, 0.5) is 11.6 Å². The van der Waals surface area contributed by atoms with Crippen molar-refractivity contribution in [3.8, 4) is 11.5 Å². The first-order valence-corrected chi connectivity index (χ1v) is 17.2. The summed E-state index contributed by atoms with van der Waals surface area (Å²) in [5, 5.41) is 36.9. The molecule has 0 saturated carbocycles. The molecular formula is C36H35B6Cl2N8NaO4. The Hall–Kier alpha value is -4.72. The van der Waals surface area contributed by atoms with E-state index >= 15 is 0 Å². The number of halogens is 2. The van der Waals surface area contributed by atoms with Gasteiger partial charge < -0.3 is 28.4 Å². The number of aliphatic imine (C=N–C) groups is 1. The van der Waals surface area contributed by atoms with E-state index in [0.29, 0.717) is 52.2 Å². The number of benzene rings is 4. The smallest absolute Gasteiger partial charge is 1.00 e. The van der Waals surface area contributed by atoms with Crippen LogP contribution in [-0.4, -0.2) is 93.7 Å². The molecule has 0 aliphatic heterocycles. The van der Waals surface area contributed by atoms with Gasteiger partial charge in [-0.2, -0.15) is 10.2 Å². The zero-order valence-corrected chi connectivity index (χ0v) is 34.4. The molecule has 276 valence electrons. The molecule has 0 fully saturated rings. The number of hydrogen-bond donors (Lipinski definition) is 7. The van der Waals surface area contributed by atoms with Crippen LogP contribution in [0.15, 0.2) is 102 Å². The van der Waals surface area contributed by atoms with E-state index < -0.39 is 18.2 Å². The molecule has 9 N–H and O–H groups in total. The van der Waals surface area contributed by atoms with E-state index in [-0.39, 0.29) is 63.7 Å². The minimum atomic E-state index is -0.608. The quantitative estimate of drug-likeness (QED) is 0.0714. The van der Waals surface area contributed by atoms with Gasteiger partial charge in [0.2, 0.25) is 0 Å². The molecule has 0 saturated heterocycles. The van der Waals surface area contributed by atoms with Crippen molar-refractivity contribution in [1.82, 2.24) is 20.4 Å². The average Bonchev–Trinajstić information content (AvgIpc) is 3.75. The first kappa shape index (κ1) is 48.4. The maximum atomic E-state index is 11.9. The third-order valence-electron chi connectivity index (χ3n) is 7.54. The van der Waals surface area contributed by atoms with Crippen LogP contribution < -0.4 is 46.3 Å². The van der Waals surface area contributed by atoms with Gasteiger partial charge in [0.25, 0.3) is 11.8 Å². The first-order chi connectivity index (χ1) is 26.3. The summed E-state index contributed by atoms with van der Waals surface area (Å²) in [4.78, 5) is 28.0. The van der Waals surface area contributed by atoms with Crippen molar-refractivity contribution < 1.29 is 52.2 Å². The van der Waals surface area contributed by atoms with Crippen molar-refractivity contribution in [3.63, 3.8) is 0 Å². The van der Waals surface area contributed by atoms with E-state index in [1.54, 1.807) is 66.9 Å². The summed E-state index contributed by atoms with van der Waals surface area (Å²) in [6.45, 7) is 0.446. The second kappa shape index (κ2) is 24.1. The van der Waals surface area contributed by atoms with E-state index in [1.807, 2.05) is 36.4 Å². The van der Waals surface area contributed by atoms with Gasteiger partial charge in [-0.15, -0.1) is 0 Å². The molecule has 6 aromatic rings. The Morgan fingerprint density at radius 1 is 0.825 bits per heavy atom. The Morgan fingerprint density at radius 2 is 1.30 bits per heavy atom. The minimum Gasteiger partial charge on any atom is -1.00 e. The maximum absolute atomic E-state index is 11.9. The second-order valence-corrected chi connectivity index (χ2v) is 12.7. The van der Waals surface area contributed by atoms with Crippen molar-refractivity contribution in [3.05, 3.63) is 152 Å². The van der Waals surface area contributed by atoms with Gasteiger partial charge >= 0.3 is 29.6 Å². The third-order valence-corrected chi connectivity index (χ3v) is 8.01. The molecule has 2 heterocycles. The maximum Gasteiger partial charge on any atom is 1.00 e. The number of nitrogens with zero attached hydrogens (tertiary/aromatic N) is 3. The van der Waals surface area contributed by atoms with Gasteiger partial charge in [0, 0.05) is 82.1 Å². The summed E-state index contributed by atoms with van der Waals surface area (Å²) in [6, 6.07) is 28.0. The number of aromatic nitrogens is 4. The van der Waals surface area contributed by atoms with Crippen LogP contribution in [0.1, 0.15) is 57.2 Å². The Labute approximate surface area is 372 Å². The number of amides is 2. The topological polar surface area (TPSA) is 208 Å². The molecule has 4 aromatic carbocycles. The van der Waals surface area contributed by atoms with Gasteiger partial charge in [0.05, 0.1) is 11.4 Å². The molecule has 12 nitrogen and oxygen atoms in total. The summed E-state index contributed by atoms with van der Waals surface area (Å²) >= 11 is 12.0. The summed E-state index contributed by atoms with van der Waals surface area (Å²) in [5.41, 5.74) is 16.4. The fourth-order valence-electron chi connectivity index (χ4n) is 4.94.